The summed E-state index contributed by atoms with van der Waals surface area (Å²) in [7, 11) is 0.496. The molecule has 2 saturated heterocycles. The van der Waals surface area contributed by atoms with Crippen LogP contribution in [0.5, 0.6) is 11.9 Å². The van der Waals surface area contributed by atoms with Crippen LogP contribution in [0.1, 0.15) is 67.1 Å². The number of methoxy groups -OCH3 is 2. The van der Waals surface area contributed by atoms with Gasteiger partial charge in [-0.1, -0.05) is 71.9 Å². The van der Waals surface area contributed by atoms with Gasteiger partial charge >= 0.3 is 6.01 Å². The second kappa shape index (κ2) is 9.93. The highest BCUT2D eigenvalue weighted by atomic mass is 28.4. The molecule has 2 fully saturated rings. The monoisotopic (exact) mass is 530 g/mol. The molecule has 8 nitrogen and oxygen atoms in total. The molecule has 0 N–H and O–H groups in total. The van der Waals surface area contributed by atoms with Crippen molar-refractivity contribution in [3.63, 3.8) is 0 Å². The van der Waals surface area contributed by atoms with E-state index in [0.29, 0.717) is 18.1 Å². The summed E-state index contributed by atoms with van der Waals surface area (Å²) in [5.41, 5.74) is 0.695. The summed E-state index contributed by atoms with van der Waals surface area (Å²) >= 11 is 0. The average molecular weight is 531 g/mol. The highest BCUT2D eigenvalue weighted by Crippen LogP contribution is 2.52. The predicted molar refractivity (Wildman–Crippen MR) is 144 cm³/mol. The molecule has 0 aliphatic carbocycles. The number of hydrogen-bond acceptors (Lipinski definition) is 8. The molecule has 4 atom stereocenters. The fourth-order valence-corrected chi connectivity index (χ4v) is 12.4. The molecule has 3 heterocycles. The van der Waals surface area contributed by atoms with Crippen LogP contribution in [0.15, 0.2) is 36.5 Å². The van der Waals surface area contributed by atoms with Gasteiger partial charge in [-0.3, -0.25) is 0 Å². The maximum atomic E-state index is 7.18. The van der Waals surface area contributed by atoms with Crippen molar-refractivity contribution < 1.29 is 28.1 Å². The summed E-state index contributed by atoms with van der Waals surface area (Å²) in [5.74, 6) is -0.360. The topological polar surface area (TPSA) is 81.2 Å². The number of hydrogen-bond donors (Lipinski definition) is 0. The van der Waals surface area contributed by atoms with Crippen molar-refractivity contribution in [1.82, 2.24) is 9.97 Å². The fourth-order valence-electron chi connectivity index (χ4n) is 6.27. The second-order valence-electron chi connectivity index (χ2n) is 12.3. The van der Waals surface area contributed by atoms with Crippen LogP contribution < -0.4 is 14.7 Å². The van der Waals surface area contributed by atoms with E-state index >= 15 is 0 Å². The number of ether oxygens (including phenoxy) is 5. The van der Waals surface area contributed by atoms with Gasteiger partial charge in [0.05, 0.1) is 26.4 Å². The molecule has 2 aromatic rings. The molecule has 0 bridgehead atoms. The minimum Gasteiger partial charge on any atom is -0.481 e. The Kier molecular flexibility index (Phi) is 7.51. The molecule has 9 heteroatoms. The Morgan fingerprint density at radius 3 is 2.11 bits per heavy atom. The highest BCUT2D eigenvalue weighted by Gasteiger charge is 2.60. The Bertz CT molecular complexity index is 1070. The number of fused-ring (bicyclic) bond motifs is 1. The molecular formula is C28H42N2O6Si. The summed E-state index contributed by atoms with van der Waals surface area (Å²) in [6, 6.07) is 10.9. The Balaban J connectivity index is 1.69. The average Bonchev–Trinajstić information content (AvgIpc) is 3.31. The highest BCUT2D eigenvalue weighted by molar-refractivity contribution is 6.91. The van der Waals surface area contributed by atoms with E-state index in [1.807, 2.05) is 13.8 Å². The Morgan fingerprint density at radius 2 is 1.54 bits per heavy atom. The van der Waals surface area contributed by atoms with Gasteiger partial charge < -0.3 is 28.1 Å². The van der Waals surface area contributed by atoms with E-state index < -0.39 is 20.2 Å². The fraction of sp³-hybridized carbons (Fsp3) is 0.643. The zero-order chi connectivity index (χ0) is 27.2. The lowest BCUT2D eigenvalue weighted by molar-refractivity contribution is -0.190. The normalized spacial score (nSPS) is 25.7. The van der Waals surface area contributed by atoms with Gasteiger partial charge in [-0.15, -0.1) is 0 Å². The minimum atomic E-state index is -2.60. The number of aromatic nitrogens is 2. The zero-order valence-corrected chi connectivity index (χ0v) is 24.8. The van der Waals surface area contributed by atoms with E-state index in [1.165, 1.54) is 12.3 Å². The molecule has 204 valence electrons. The van der Waals surface area contributed by atoms with Gasteiger partial charge in [0, 0.05) is 6.20 Å². The molecule has 2 aliphatic rings. The Labute approximate surface area is 222 Å². The van der Waals surface area contributed by atoms with Gasteiger partial charge in [-0.2, -0.15) is 4.98 Å². The first-order valence-corrected chi connectivity index (χ1v) is 14.8. The molecule has 1 aromatic heterocycles. The lowest BCUT2D eigenvalue weighted by Gasteiger charge is -2.51. The smallest absolute Gasteiger partial charge is 0.319 e. The van der Waals surface area contributed by atoms with E-state index in [4.69, 9.17) is 28.1 Å². The van der Waals surface area contributed by atoms with Crippen molar-refractivity contribution in [2.24, 2.45) is 0 Å². The largest absolute Gasteiger partial charge is 0.481 e. The summed E-state index contributed by atoms with van der Waals surface area (Å²) in [5, 5.41) is 1.11. The summed E-state index contributed by atoms with van der Waals surface area (Å²) in [6.45, 7) is 18.0. The Hall–Kier alpha value is -2.04. The lowest BCUT2D eigenvalue weighted by Crippen LogP contribution is -2.64. The van der Waals surface area contributed by atoms with Crippen molar-refractivity contribution in [2.45, 2.75) is 95.7 Å². The van der Waals surface area contributed by atoms with E-state index in [-0.39, 0.29) is 34.4 Å². The first-order valence-electron chi connectivity index (χ1n) is 12.9. The molecule has 0 amide bonds. The first kappa shape index (κ1) is 28.0. The molecule has 2 aliphatic heterocycles. The van der Waals surface area contributed by atoms with Crippen LogP contribution in [-0.4, -0.2) is 63.2 Å². The molecule has 0 saturated carbocycles. The van der Waals surface area contributed by atoms with Crippen LogP contribution in [0.4, 0.5) is 0 Å². The van der Waals surface area contributed by atoms with Crippen LogP contribution in [0, 0.1) is 0 Å². The molecule has 0 spiro atoms. The lowest BCUT2D eigenvalue weighted by atomic mass is 10.0. The summed E-state index contributed by atoms with van der Waals surface area (Å²) in [6.07, 6.45) is 0.195. The van der Waals surface area contributed by atoms with Crippen LogP contribution in [0.3, 0.4) is 0 Å². The van der Waals surface area contributed by atoms with Gasteiger partial charge in [-0.25, -0.2) is 4.98 Å². The van der Waals surface area contributed by atoms with Gasteiger partial charge in [0.2, 0.25) is 14.2 Å². The van der Waals surface area contributed by atoms with Crippen molar-refractivity contribution in [2.75, 3.05) is 20.8 Å². The van der Waals surface area contributed by atoms with Crippen LogP contribution >= 0.6 is 0 Å². The van der Waals surface area contributed by atoms with E-state index in [9.17, 15) is 0 Å². The molecule has 0 radical (unpaired) electrons. The van der Waals surface area contributed by atoms with Crippen molar-refractivity contribution in [1.29, 1.82) is 0 Å². The van der Waals surface area contributed by atoms with Crippen LogP contribution in [-0.2, 0) is 18.6 Å². The van der Waals surface area contributed by atoms with Gasteiger partial charge in [0.15, 0.2) is 5.79 Å². The van der Waals surface area contributed by atoms with Gasteiger partial charge in [-0.05, 0) is 29.1 Å². The third-order valence-electron chi connectivity index (χ3n) is 7.35. The first-order chi connectivity index (χ1) is 17.2. The van der Waals surface area contributed by atoms with E-state index in [1.54, 1.807) is 13.3 Å². The number of benzene rings is 1. The summed E-state index contributed by atoms with van der Waals surface area (Å²) < 4.78 is 37.3. The molecule has 37 heavy (non-hydrogen) atoms. The van der Waals surface area contributed by atoms with Crippen molar-refractivity contribution >= 4 is 13.5 Å². The maximum absolute atomic E-state index is 7.18. The third-order valence-corrected chi connectivity index (χ3v) is 13.3. The van der Waals surface area contributed by atoms with E-state index in [0.717, 1.165) is 0 Å². The van der Waals surface area contributed by atoms with Crippen molar-refractivity contribution in [3.8, 4) is 11.9 Å². The molecule has 1 unspecified atom stereocenters. The van der Waals surface area contributed by atoms with E-state index in [2.05, 4.69) is 81.8 Å². The minimum absolute atomic E-state index is 0.0800. The van der Waals surface area contributed by atoms with Crippen molar-refractivity contribution in [3.05, 3.63) is 42.1 Å². The van der Waals surface area contributed by atoms with Crippen LogP contribution in [0.25, 0.3) is 0 Å². The van der Waals surface area contributed by atoms with Gasteiger partial charge in [0.1, 0.15) is 24.4 Å². The molecule has 4 rings (SSSR count). The molecule has 1 aromatic carbocycles. The molecular weight excluding hydrogens is 488 g/mol. The van der Waals surface area contributed by atoms with Gasteiger partial charge in [0.25, 0.3) is 0 Å². The number of rotatable bonds is 7. The predicted octanol–water partition coefficient (Wildman–Crippen LogP) is 4.92. The quantitative estimate of drug-likeness (QED) is 0.467. The standard InChI is InChI=1S/C28H42N2O6Si/c1-26(2,3)37(27(4,5)6,18-14-12-11-13-15-18)33-17-20-22-23(36-28(7,8)35-22)21(34-20)19-16-29-25(32-10)30-24(19)31-9/h11-16,20-23H,17H2,1-10H3/t20-,21+,22-,23?/m1/s1. The SMILES string of the molecule is COc1ncc([C@@H]2O[C@H](CO[Si](c3ccccc3)(C(C)(C)C)C(C)(C)C)[C@H]3OC(C)(C)OC23)c(OC)n1. The maximum Gasteiger partial charge on any atom is 0.319 e. The Morgan fingerprint density at radius 1 is 0.919 bits per heavy atom. The van der Waals surface area contributed by atoms with Crippen LogP contribution in [0.2, 0.25) is 10.1 Å². The third kappa shape index (κ3) is 5.04. The zero-order valence-electron chi connectivity index (χ0n) is 23.8. The second-order valence-corrected chi connectivity index (χ2v) is 17.6. The number of nitrogens with zero attached hydrogens (tertiary/aromatic N) is 2. The summed E-state index contributed by atoms with van der Waals surface area (Å²) in [4.78, 5) is 8.66.